The van der Waals surface area contributed by atoms with Crippen LogP contribution < -0.4 is 0 Å². The van der Waals surface area contributed by atoms with Crippen LogP contribution in [-0.4, -0.2) is 24.7 Å². The summed E-state index contributed by atoms with van der Waals surface area (Å²) in [6.07, 6.45) is -1.20. The lowest BCUT2D eigenvalue weighted by molar-refractivity contribution is -0.137. The molecule has 0 aromatic heterocycles. The Morgan fingerprint density at radius 2 is 2.07 bits per heavy atom. The van der Waals surface area contributed by atoms with Crippen LogP contribution in [0.4, 0.5) is 13.2 Å². The molecule has 1 aliphatic rings. The highest BCUT2D eigenvalue weighted by Gasteiger charge is 2.32. The molecule has 2 nitrogen and oxygen atoms in total. The third-order valence-corrected chi connectivity index (χ3v) is 1.92. The molecule has 0 fully saturated rings. The zero-order chi connectivity index (χ0) is 11.6. The number of hydrogen-bond donors (Lipinski definition) is 0. The normalized spacial score (nSPS) is 17.4. The number of hydrogen-bond acceptors (Lipinski definition) is 2. The molecule has 0 N–H and O–H groups in total. The molecule has 0 aliphatic carbocycles. The van der Waals surface area contributed by atoms with Crippen molar-refractivity contribution < 1.29 is 17.9 Å². The van der Waals surface area contributed by atoms with Gasteiger partial charge in [0.25, 0.3) is 0 Å². The highest BCUT2D eigenvalue weighted by atomic mass is 19.4. The van der Waals surface area contributed by atoms with Gasteiger partial charge in [-0.15, -0.1) is 0 Å². The fourth-order valence-electron chi connectivity index (χ4n) is 1.30. The SMILES string of the molecule is C=C1C(OC)=CC(C)=CN1CC(F)(F)F. The monoisotopic (exact) mass is 219 g/mol. The van der Waals surface area contributed by atoms with Gasteiger partial charge in [-0.05, 0) is 18.6 Å². The highest BCUT2D eigenvalue weighted by Crippen LogP contribution is 2.27. The van der Waals surface area contributed by atoms with Crippen molar-refractivity contribution in [1.82, 2.24) is 4.90 Å². The number of ether oxygens (including phenoxy) is 1. The van der Waals surface area contributed by atoms with Crippen LogP contribution >= 0.6 is 0 Å². The summed E-state index contributed by atoms with van der Waals surface area (Å²) in [5.74, 6) is 0.360. The van der Waals surface area contributed by atoms with E-state index >= 15 is 0 Å². The molecule has 0 amide bonds. The number of allylic oxidation sites excluding steroid dienone is 2. The van der Waals surface area contributed by atoms with Crippen LogP contribution in [0.25, 0.3) is 0 Å². The van der Waals surface area contributed by atoms with Crippen molar-refractivity contribution in [1.29, 1.82) is 0 Å². The van der Waals surface area contributed by atoms with Crippen LogP contribution in [0.15, 0.2) is 35.9 Å². The van der Waals surface area contributed by atoms with Gasteiger partial charge in [0.05, 0.1) is 12.8 Å². The van der Waals surface area contributed by atoms with E-state index in [0.29, 0.717) is 11.3 Å². The Balaban J connectivity index is 2.86. The molecule has 0 unspecified atom stereocenters. The minimum Gasteiger partial charge on any atom is -0.495 e. The van der Waals surface area contributed by atoms with E-state index in [2.05, 4.69) is 6.58 Å². The second kappa shape index (κ2) is 4.00. The van der Waals surface area contributed by atoms with Gasteiger partial charge in [0, 0.05) is 6.20 Å². The van der Waals surface area contributed by atoms with Gasteiger partial charge in [0.15, 0.2) is 0 Å². The molecule has 1 rings (SSSR count). The van der Waals surface area contributed by atoms with Gasteiger partial charge in [0.2, 0.25) is 0 Å². The van der Waals surface area contributed by atoms with Crippen LogP contribution in [0.5, 0.6) is 0 Å². The van der Waals surface area contributed by atoms with E-state index in [1.54, 1.807) is 13.0 Å². The largest absolute Gasteiger partial charge is 0.495 e. The van der Waals surface area contributed by atoms with Crippen molar-refractivity contribution in [2.24, 2.45) is 0 Å². The van der Waals surface area contributed by atoms with Crippen LogP contribution in [0, 0.1) is 0 Å². The second-order valence-corrected chi connectivity index (χ2v) is 3.28. The quantitative estimate of drug-likeness (QED) is 0.708. The number of halogens is 3. The molecule has 0 atom stereocenters. The van der Waals surface area contributed by atoms with Gasteiger partial charge in [-0.25, -0.2) is 0 Å². The number of rotatable bonds is 2. The second-order valence-electron chi connectivity index (χ2n) is 3.28. The van der Waals surface area contributed by atoms with E-state index in [-0.39, 0.29) is 5.70 Å². The molecular formula is C10H12F3NO. The Morgan fingerprint density at radius 3 is 2.53 bits per heavy atom. The Labute approximate surface area is 86.3 Å². The van der Waals surface area contributed by atoms with Gasteiger partial charge in [-0.3, -0.25) is 0 Å². The molecule has 0 saturated carbocycles. The third-order valence-electron chi connectivity index (χ3n) is 1.92. The predicted molar refractivity (Wildman–Crippen MR) is 50.8 cm³/mol. The van der Waals surface area contributed by atoms with Gasteiger partial charge < -0.3 is 9.64 Å². The van der Waals surface area contributed by atoms with E-state index < -0.39 is 12.7 Å². The Morgan fingerprint density at radius 1 is 1.47 bits per heavy atom. The van der Waals surface area contributed by atoms with Crippen LogP contribution in [0.2, 0.25) is 0 Å². The molecule has 15 heavy (non-hydrogen) atoms. The van der Waals surface area contributed by atoms with Crippen molar-refractivity contribution in [3.63, 3.8) is 0 Å². The first kappa shape index (κ1) is 11.7. The fourth-order valence-corrected chi connectivity index (χ4v) is 1.30. The summed E-state index contributed by atoms with van der Waals surface area (Å²) in [5, 5.41) is 0. The first-order valence-electron chi connectivity index (χ1n) is 4.30. The first-order valence-corrected chi connectivity index (χ1v) is 4.30. The minimum atomic E-state index is -4.25. The number of methoxy groups -OCH3 is 1. The molecule has 0 aromatic rings. The van der Waals surface area contributed by atoms with E-state index in [4.69, 9.17) is 4.74 Å². The minimum absolute atomic E-state index is 0.223. The van der Waals surface area contributed by atoms with E-state index in [1.165, 1.54) is 13.3 Å². The van der Waals surface area contributed by atoms with Crippen molar-refractivity contribution in [3.8, 4) is 0 Å². The van der Waals surface area contributed by atoms with Crippen LogP contribution in [0.3, 0.4) is 0 Å². The summed E-state index contributed by atoms with van der Waals surface area (Å²) in [6, 6.07) is 0. The molecule has 0 bridgehead atoms. The lowest BCUT2D eigenvalue weighted by Gasteiger charge is -2.28. The third kappa shape index (κ3) is 3.04. The number of nitrogens with zero attached hydrogens (tertiary/aromatic N) is 1. The Hall–Kier alpha value is -1.39. The van der Waals surface area contributed by atoms with Gasteiger partial charge in [-0.2, -0.15) is 13.2 Å². The summed E-state index contributed by atoms with van der Waals surface area (Å²) in [5.41, 5.74) is 0.920. The van der Waals surface area contributed by atoms with Crippen molar-refractivity contribution >= 4 is 0 Å². The average molecular weight is 219 g/mol. The molecule has 0 radical (unpaired) electrons. The standard InChI is InChI=1S/C10H12F3NO/c1-7-4-9(15-3)8(2)14(5-7)6-10(11,12)13/h4-5H,2,6H2,1,3H3. The molecule has 5 heteroatoms. The lowest BCUT2D eigenvalue weighted by Crippen LogP contribution is -2.31. The molecule has 1 heterocycles. The van der Waals surface area contributed by atoms with Crippen molar-refractivity contribution in [2.75, 3.05) is 13.7 Å². The molecule has 0 spiro atoms. The maximum absolute atomic E-state index is 12.2. The van der Waals surface area contributed by atoms with Crippen LogP contribution in [-0.2, 0) is 4.74 Å². The lowest BCUT2D eigenvalue weighted by atomic mass is 10.1. The molecule has 1 aliphatic heterocycles. The van der Waals surface area contributed by atoms with E-state index in [1.807, 2.05) is 0 Å². The van der Waals surface area contributed by atoms with E-state index in [0.717, 1.165) is 4.90 Å². The summed E-state index contributed by atoms with van der Waals surface area (Å²) >= 11 is 0. The highest BCUT2D eigenvalue weighted by molar-refractivity contribution is 5.36. The topological polar surface area (TPSA) is 12.5 Å². The predicted octanol–water partition coefficient (Wildman–Crippen LogP) is 2.81. The maximum atomic E-state index is 12.2. The smallest absolute Gasteiger partial charge is 0.406 e. The Bertz CT molecular complexity index is 328. The van der Waals surface area contributed by atoms with Gasteiger partial charge in [0.1, 0.15) is 12.3 Å². The zero-order valence-corrected chi connectivity index (χ0v) is 8.56. The van der Waals surface area contributed by atoms with Crippen molar-refractivity contribution in [3.05, 3.63) is 35.9 Å². The molecule has 84 valence electrons. The maximum Gasteiger partial charge on any atom is 0.406 e. The summed E-state index contributed by atoms with van der Waals surface area (Å²) in [6.45, 7) is 4.21. The van der Waals surface area contributed by atoms with Crippen molar-refractivity contribution in [2.45, 2.75) is 13.1 Å². The van der Waals surface area contributed by atoms with Crippen LogP contribution in [0.1, 0.15) is 6.92 Å². The summed E-state index contributed by atoms with van der Waals surface area (Å²) < 4.78 is 41.5. The summed E-state index contributed by atoms with van der Waals surface area (Å²) in [7, 11) is 1.40. The first-order chi connectivity index (χ1) is 6.83. The summed E-state index contributed by atoms with van der Waals surface area (Å²) in [4.78, 5) is 1.04. The molecular weight excluding hydrogens is 207 g/mol. The fraction of sp³-hybridized carbons (Fsp3) is 0.400. The molecule has 0 aromatic carbocycles. The van der Waals surface area contributed by atoms with Gasteiger partial charge >= 0.3 is 6.18 Å². The number of alkyl halides is 3. The average Bonchev–Trinajstić information content (AvgIpc) is 2.08. The zero-order valence-electron chi connectivity index (χ0n) is 8.56. The Kier molecular flexibility index (Phi) is 3.12. The molecule has 0 saturated heterocycles. The van der Waals surface area contributed by atoms with E-state index in [9.17, 15) is 13.2 Å². The van der Waals surface area contributed by atoms with Gasteiger partial charge in [-0.1, -0.05) is 6.58 Å².